The molecule has 1 aromatic carbocycles. The van der Waals surface area contributed by atoms with Gasteiger partial charge >= 0.3 is 12.1 Å². The van der Waals surface area contributed by atoms with Crippen molar-refractivity contribution < 1.29 is 23.9 Å². The summed E-state index contributed by atoms with van der Waals surface area (Å²) in [5.74, 6) is -0.168. The maximum absolute atomic E-state index is 13.9. The van der Waals surface area contributed by atoms with Gasteiger partial charge in [0.1, 0.15) is 23.6 Å². The number of carbonyl (C=O) groups excluding carboxylic acids is 3. The molecule has 1 fully saturated rings. The number of thioether (sulfide) groups is 1. The lowest BCUT2D eigenvalue weighted by atomic mass is 10.0. The summed E-state index contributed by atoms with van der Waals surface area (Å²) >= 11 is 1.50. The number of hydrogen-bond donors (Lipinski definition) is 0. The van der Waals surface area contributed by atoms with Crippen LogP contribution in [0.5, 0.6) is 0 Å². The molecular weight excluding hydrogens is 466 g/mol. The molecule has 3 aromatic rings. The molecule has 0 radical (unpaired) electrons. The summed E-state index contributed by atoms with van der Waals surface area (Å²) < 4.78 is 12.5. The molecule has 184 valence electrons. The van der Waals surface area contributed by atoms with Crippen molar-refractivity contribution in [3.63, 3.8) is 0 Å². The largest absolute Gasteiger partial charge is 0.465 e. The number of rotatable bonds is 6. The van der Waals surface area contributed by atoms with Crippen LogP contribution in [0.3, 0.4) is 0 Å². The second kappa shape index (κ2) is 10.1. The molecule has 1 saturated heterocycles. The Kier molecular flexibility index (Phi) is 7.16. The molecule has 1 aliphatic heterocycles. The molecule has 0 spiro atoms. The van der Waals surface area contributed by atoms with E-state index in [1.165, 1.54) is 16.7 Å². The lowest BCUT2D eigenvalue weighted by Gasteiger charge is -2.31. The number of pyridine rings is 1. The SMILES string of the molecule is CCOC(=O)Cn1cc(C(=O)[C@@H]2CSC(c3cccnc3)N2C(=O)OC(C)(C)C)c2ccccc21. The van der Waals surface area contributed by atoms with Crippen LogP contribution in [0.2, 0.25) is 0 Å². The van der Waals surface area contributed by atoms with Gasteiger partial charge in [0.05, 0.1) is 6.61 Å². The zero-order valence-electron chi connectivity index (χ0n) is 20.3. The van der Waals surface area contributed by atoms with Gasteiger partial charge in [-0.25, -0.2) is 4.79 Å². The Balaban J connectivity index is 1.72. The number of aromatic nitrogens is 2. The van der Waals surface area contributed by atoms with Crippen molar-refractivity contribution in [1.29, 1.82) is 0 Å². The van der Waals surface area contributed by atoms with Crippen LogP contribution >= 0.6 is 11.8 Å². The van der Waals surface area contributed by atoms with Crippen LogP contribution in [0.4, 0.5) is 4.79 Å². The summed E-state index contributed by atoms with van der Waals surface area (Å²) in [7, 11) is 0. The van der Waals surface area contributed by atoms with Crippen LogP contribution < -0.4 is 0 Å². The van der Waals surface area contributed by atoms with Crippen molar-refractivity contribution in [2.75, 3.05) is 12.4 Å². The molecular formula is C26H29N3O5S. The average molecular weight is 496 g/mol. The third-order valence-corrected chi connectivity index (χ3v) is 6.86. The number of ether oxygens (including phenoxy) is 2. The van der Waals surface area contributed by atoms with Gasteiger partial charge < -0.3 is 14.0 Å². The van der Waals surface area contributed by atoms with Gasteiger partial charge in [-0.05, 0) is 39.8 Å². The van der Waals surface area contributed by atoms with Crippen LogP contribution in [-0.2, 0) is 20.8 Å². The molecule has 0 aliphatic carbocycles. The third-order valence-electron chi connectivity index (χ3n) is 5.54. The van der Waals surface area contributed by atoms with E-state index in [1.54, 1.807) is 56.9 Å². The zero-order valence-corrected chi connectivity index (χ0v) is 21.1. The Labute approximate surface area is 208 Å². The van der Waals surface area contributed by atoms with E-state index < -0.39 is 23.1 Å². The van der Waals surface area contributed by atoms with Gasteiger partial charge in [-0.3, -0.25) is 19.5 Å². The number of esters is 1. The summed E-state index contributed by atoms with van der Waals surface area (Å²) in [5, 5.41) is 0.321. The van der Waals surface area contributed by atoms with Crippen molar-refractivity contribution in [1.82, 2.24) is 14.5 Å². The Bertz CT molecular complexity index is 1230. The molecule has 1 unspecified atom stereocenters. The first-order valence-electron chi connectivity index (χ1n) is 11.5. The summed E-state index contributed by atoms with van der Waals surface area (Å²) in [6.45, 7) is 7.42. The van der Waals surface area contributed by atoms with Crippen LogP contribution in [-0.4, -0.2) is 56.3 Å². The highest BCUT2D eigenvalue weighted by atomic mass is 32.2. The van der Waals surface area contributed by atoms with E-state index in [9.17, 15) is 14.4 Å². The first-order chi connectivity index (χ1) is 16.7. The van der Waals surface area contributed by atoms with Crippen molar-refractivity contribution in [2.24, 2.45) is 0 Å². The predicted molar refractivity (Wildman–Crippen MR) is 134 cm³/mol. The van der Waals surface area contributed by atoms with E-state index in [0.29, 0.717) is 11.3 Å². The fourth-order valence-corrected chi connectivity index (χ4v) is 5.53. The molecule has 3 heterocycles. The molecule has 0 bridgehead atoms. The highest BCUT2D eigenvalue weighted by Gasteiger charge is 2.45. The Morgan fingerprint density at radius 3 is 2.60 bits per heavy atom. The molecule has 1 aliphatic rings. The van der Waals surface area contributed by atoms with Crippen molar-refractivity contribution in [3.05, 3.63) is 66.1 Å². The number of hydrogen-bond acceptors (Lipinski definition) is 7. The number of amides is 1. The van der Waals surface area contributed by atoms with Gasteiger partial charge in [-0.1, -0.05) is 24.3 Å². The second-order valence-corrected chi connectivity index (χ2v) is 10.3. The highest BCUT2D eigenvalue weighted by Crippen LogP contribution is 2.43. The van der Waals surface area contributed by atoms with E-state index in [-0.39, 0.29) is 24.9 Å². The van der Waals surface area contributed by atoms with Crippen molar-refractivity contribution >= 4 is 40.5 Å². The molecule has 9 heteroatoms. The molecule has 0 N–H and O–H groups in total. The van der Waals surface area contributed by atoms with Gasteiger partial charge in [-0.15, -0.1) is 11.8 Å². The smallest absolute Gasteiger partial charge is 0.412 e. The zero-order chi connectivity index (χ0) is 25.2. The highest BCUT2D eigenvalue weighted by molar-refractivity contribution is 7.99. The summed E-state index contributed by atoms with van der Waals surface area (Å²) in [4.78, 5) is 45.1. The van der Waals surface area contributed by atoms with Crippen LogP contribution in [0.1, 0.15) is 49.0 Å². The number of para-hydroxylation sites is 1. The second-order valence-electron chi connectivity index (χ2n) is 9.23. The molecule has 1 amide bonds. The maximum Gasteiger partial charge on any atom is 0.412 e. The molecule has 8 nitrogen and oxygen atoms in total. The van der Waals surface area contributed by atoms with Gasteiger partial charge in [0.25, 0.3) is 0 Å². The monoisotopic (exact) mass is 495 g/mol. The van der Waals surface area contributed by atoms with E-state index >= 15 is 0 Å². The molecule has 0 saturated carbocycles. The van der Waals surface area contributed by atoms with Gasteiger partial charge in [0, 0.05) is 46.4 Å². The van der Waals surface area contributed by atoms with Crippen LogP contribution in [0.25, 0.3) is 10.9 Å². The fraction of sp³-hybridized carbons (Fsp3) is 0.385. The van der Waals surface area contributed by atoms with E-state index in [2.05, 4.69) is 4.98 Å². The standard InChI is InChI=1S/C26H29N3O5S/c1-5-33-22(30)15-28-14-19(18-10-6-7-11-20(18)28)23(31)21-16-35-24(17-9-8-12-27-13-17)29(21)25(32)34-26(2,3)4/h6-14,21,24H,5,15-16H2,1-4H3/t21-,24?/m0/s1. The quantitative estimate of drug-likeness (QED) is 0.357. The average Bonchev–Trinajstić information content (AvgIpc) is 3.41. The summed E-state index contributed by atoms with van der Waals surface area (Å²) in [6.07, 6.45) is 4.50. The lowest BCUT2D eigenvalue weighted by Crippen LogP contribution is -2.45. The van der Waals surface area contributed by atoms with Crippen molar-refractivity contribution in [2.45, 2.75) is 51.3 Å². The van der Waals surface area contributed by atoms with Gasteiger partial charge in [0.15, 0.2) is 5.78 Å². The molecule has 2 atom stereocenters. The number of Topliss-reactive ketones (excluding diaryl/α,β-unsaturated/α-hetero) is 1. The third kappa shape index (κ3) is 5.35. The van der Waals surface area contributed by atoms with Gasteiger partial charge in [-0.2, -0.15) is 0 Å². The first kappa shape index (κ1) is 24.8. The normalized spacial score (nSPS) is 18.0. The molecule has 4 rings (SSSR count). The van der Waals surface area contributed by atoms with E-state index in [0.717, 1.165) is 16.5 Å². The number of nitrogens with zero attached hydrogens (tertiary/aromatic N) is 3. The Morgan fingerprint density at radius 1 is 1.14 bits per heavy atom. The summed E-state index contributed by atoms with van der Waals surface area (Å²) in [6, 6.07) is 10.4. The molecule has 35 heavy (non-hydrogen) atoms. The van der Waals surface area contributed by atoms with Crippen LogP contribution in [0.15, 0.2) is 55.0 Å². The van der Waals surface area contributed by atoms with Crippen LogP contribution in [0, 0.1) is 0 Å². The lowest BCUT2D eigenvalue weighted by molar-refractivity contribution is -0.143. The van der Waals surface area contributed by atoms with Crippen molar-refractivity contribution in [3.8, 4) is 0 Å². The number of fused-ring (bicyclic) bond motifs is 1. The minimum atomic E-state index is -0.734. The fourth-order valence-electron chi connectivity index (χ4n) is 4.12. The topological polar surface area (TPSA) is 90.7 Å². The minimum Gasteiger partial charge on any atom is -0.465 e. The Morgan fingerprint density at radius 2 is 1.91 bits per heavy atom. The first-order valence-corrected chi connectivity index (χ1v) is 12.5. The number of benzene rings is 1. The van der Waals surface area contributed by atoms with E-state index in [4.69, 9.17) is 9.47 Å². The summed E-state index contributed by atoms with van der Waals surface area (Å²) in [5.41, 5.74) is 1.31. The maximum atomic E-state index is 13.9. The predicted octanol–water partition coefficient (Wildman–Crippen LogP) is 4.83. The number of carbonyl (C=O) groups is 3. The minimum absolute atomic E-state index is 0.00482. The van der Waals surface area contributed by atoms with Gasteiger partial charge in [0.2, 0.25) is 0 Å². The molecule has 2 aromatic heterocycles. The number of ketones is 1. The Hall–Kier alpha value is -3.33. The van der Waals surface area contributed by atoms with E-state index in [1.807, 2.05) is 30.3 Å².